The number of halogens is 1. The summed E-state index contributed by atoms with van der Waals surface area (Å²) in [4.78, 5) is 14.9. The average Bonchev–Trinajstić information content (AvgIpc) is 2.60. The molecule has 1 aliphatic carbocycles. The van der Waals surface area contributed by atoms with Gasteiger partial charge in [-0.2, -0.15) is 0 Å². The molecular formula is C19H29ClN2O3. The highest BCUT2D eigenvalue weighted by atomic mass is 35.5. The van der Waals surface area contributed by atoms with Gasteiger partial charge in [-0.3, -0.25) is 4.79 Å². The van der Waals surface area contributed by atoms with E-state index in [1.54, 1.807) is 12.0 Å². The third-order valence-corrected chi connectivity index (χ3v) is 5.94. The van der Waals surface area contributed by atoms with Gasteiger partial charge in [0.25, 0.3) is 0 Å². The second kappa shape index (κ2) is 7.14. The lowest BCUT2D eigenvalue weighted by Gasteiger charge is -2.65. The Balaban J connectivity index is 0.00000225. The summed E-state index contributed by atoms with van der Waals surface area (Å²) in [7, 11) is 3.46. The normalized spacial score (nSPS) is 29.6. The van der Waals surface area contributed by atoms with Gasteiger partial charge < -0.3 is 20.1 Å². The summed E-state index contributed by atoms with van der Waals surface area (Å²) < 4.78 is 11.2. The first kappa shape index (κ1) is 20.0. The zero-order chi connectivity index (χ0) is 17.5. The van der Waals surface area contributed by atoms with Gasteiger partial charge in [0.2, 0.25) is 5.91 Å². The summed E-state index contributed by atoms with van der Waals surface area (Å²) >= 11 is 0. The Morgan fingerprint density at radius 2 is 2.16 bits per heavy atom. The number of likely N-dealkylation sites (N-methyl/N-ethyl adjacent to an activating group) is 1. The van der Waals surface area contributed by atoms with E-state index in [9.17, 15) is 4.79 Å². The summed E-state index contributed by atoms with van der Waals surface area (Å²) in [5, 5.41) is 0. The van der Waals surface area contributed by atoms with Crippen molar-refractivity contribution in [1.82, 2.24) is 4.90 Å². The fourth-order valence-electron chi connectivity index (χ4n) is 4.44. The largest absolute Gasteiger partial charge is 0.497 e. The van der Waals surface area contributed by atoms with Crippen molar-refractivity contribution < 1.29 is 14.3 Å². The molecule has 3 unspecified atom stereocenters. The standard InChI is InChI=1S/C19H28N2O3.ClH/c1-18(2)16-15(9-6-10-24-16)19(18,20)17(22)21(3)12-13-7-5-8-14(11-13)23-4;/h5,7-8,11,15-16H,6,9-10,12,20H2,1-4H3;1H. The van der Waals surface area contributed by atoms with Crippen LogP contribution in [0.25, 0.3) is 0 Å². The van der Waals surface area contributed by atoms with Gasteiger partial charge in [-0.15, -0.1) is 12.4 Å². The van der Waals surface area contributed by atoms with Crippen LogP contribution in [0.1, 0.15) is 32.3 Å². The van der Waals surface area contributed by atoms with Crippen molar-refractivity contribution in [1.29, 1.82) is 0 Å². The number of amides is 1. The van der Waals surface area contributed by atoms with Crippen molar-refractivity contribution in [2.45, 2.75) is 44.9 Å². The summed E-state index contributed by atoms with van der Waals surface area (Å²) in [5.74, 6) is 0.907. The second-order valence-corrected chi connectivity index (χ2v) is 7.64. The van der Waals surface area contributed by atoms with Gasteiger partial charge in [0.05, 0.1) is 13.2 Å². The van der Waals surface area contributed by atoms with Crippen LogP contribution in [0.2, 0.25) is 0 Å². The number of rotatable bonds is 4. The Labute approximate surface area is 156 Å². The number of carbonyl (C=O) groups is 1. The molecule has 140 valence electrons. The zero-order valence-corrected chi connectivity index (χ0v) is 16.3. The summed E-state index contributed by atoms with van der Waals surface area (Å²) in [6.45, 7) is 5.39. The van der Waals surface area contributed by atoms with Crippen LogP contribution >= 0.6 is 12.4 Å². The number of nitrogens with zero attached hydrogens (tertiary/aromatic N) is 1. The van der Waals surface area contributed by atoms with E-state index in [1.165, 1.54) is 0 Å². The quantitative estimate of drug-likeness (QED) is 0.887. The maximum absolute atomic E-state index is 13.2. The molecule has 0 radical (unpaired) electrons. The molecule has 1 saturated heterocycles. The lowest BCUT2D eigenvalue weighted by molar-refractivity contribution is -0.229. The van der Waals surface area contributed by atoms with E-state index in [0.717, 1.165) is 30.8 Å². The van der Waals surface area contributed by atoms with Gasteiger partial charge in [0.1, 0.15) is 11.3 Å². The zero-order valence-electron chi connectivity index (χ0n) is 15.5. The van der Waals surface area contributed by atoms with Gasteiger partial charge in [-0.25, -0.2) is 0 Å². The monoisotopic (exact) mass is 368 g/mol. The predicted molar refractivity (Wildman–Crippen MR) is 99.9 cm³/mol. The molecule has 1 saturated carbocycles. The van der Waals surface area contributed by atoms with Crippen molar-refractivity contribution in [2.24, 2.45) is 17.1 Å². The number of methoxy groups -OCH3 is 1. The highest BCUT2D eigenvalue weighted by Crippen LogP contribution is 2.57. The van der Waals surface area contributed by atoms with Crippen LogP contribution in [0.3, 0.4) is 0 Å². The fraction of sp³-hybridized carbons (Fsp3) is 0.632. The molecule has 2 N–H and O–H groups in total. The van der Waals surface area contributed by atoms with Crippen molar-refractivity contribution in [3.8, 4) is 5.75 Å². The molecule has 25 heavy (non-hydrogen) atoms. The fourth-order valence-corrected chi connectivity index (χ4v) is 4.44. The Kier molecular flexibility index (Phi) is 5.71. The SMILES string of the molecule is COc1cccc(CN(C)C(=O)C2(N)C3CCCOC3C2(C)C)c1.Cl. The van der Waals surface area contributed by atoms with Crippen LogP contribution in [0.5, 0.6) is 5.75 Å². The summed E-state index contributed by atoms with van der Waals surface area (Å²) in [6.07, 6.45) is 2.03. The van der Waals surface area contributed by atoms with Gasteiger partial charge in [-0.1, -0.05) is 26.0 Å². The average molecular weight is 369 g/mol. The second-order valence-electron chi connectivity index (χ2n) is 7.64. The molecule has 1 aromatic carbocycles. The molecule has 1 aromatic rings. The van der Waals surface area contributed by atoms with Crippen LogP contribution < -0.4 is 10.5 Å². The molecule has 0 aromatic heterocycles. The first-order valence-corrected chi connectivity index (χ1v) is 8.61. The molecule has 1 amide bonds. The first-order valence-electron chi connectivity index (χ1n) is 8.61. The van der Waals surface area contributed by atoms with Crippen molar-refractivity contribution in [3.63, 3.8) is 0 Å². The van der Waals surface area contributed by atoms with Gasteiger partial charge in [-0.05, 0) is 30.5 Å². The summed E-state index contributed by atoms with van der Waals surface area (Å²) in [5.41, 5.74) is 6.52. The molecule has 3 rings (SSSR count). The molecule has 1 heterocycles. The van der Waals surface area contributed by atoms with E-state index in [4.69, 9.17) is 15.2 Å². The van der Waals surface area contributed by atoms with Crippen LogP contribution in [0.4, 0.5) is 0 Å². The minimum Gasteiger partial charge on any atom is -0.497 e. The predicted octanol–water partition coefficient (Wildman–Crippen LogP) is 2.61. The van der Waals surface area contributed by atoms with E-state index in [2.05, 4.69) is 13.8 Å². The molecule has 3 atom stereocenters. The highest BCUT2D eigenvalue weighted by molar-refractivity contribution is 5.89. The molecule has 0 bridgehead atoms. The number of ether oxygens (including phenoxy) is 2. The Hall–Kier alpha value is -1.30. The van der Waals surface area contributed by atoms with E-state index >= 15 is 0 Å². The lowest BCUT2D eigenvalue weighted by Crippen LogP contribution is -2.82. The molecular weight excluding hydrogens is 340 g/mol. The number of nitrogens with two attached hydrogens (primary N) is 1. The van der Waals surface area contributed by atoms with Crippen molar-refractivity contribution in [2.75, 3.05) is 20.8 Å². The number of hydrogen-bond acceptors (Lipinski definition) is 4. The van der Waals surface area contributed by atoms with Crippen LogP contribution in [-0.4, -0.2) is 43.2 Å². The van der Waals surface area contributed by atoms with E-state index < -0.39 is 5.54 Å². The van der Waals surface area contributed by atoms with E-state index in [0.29, 0.717) is 6.54 Å². The van der Waals surface area contributed by atoms with Gasteiger partial charge >= 0.3 is 0 Å². The maximum atomic E-state index is 13.2. The molecule has 2 fully saturated rings. The van der Waals surface area contributed by atoms with Gasteiger partial charge in [0, 0.05) is 31.5 Å². The van der Waals surface area contributed by atoms with Crippen LogP contribution in [0.15, 0.2) is 24.3 Å². The third kappa shape index (κ3) is 3.03. The summed E-state index contributed by atoms with van der Waals surface area (Å²) in [6, 6.07) is 7.77. The molecule has 0 spiro atoms. The van der Waals surface area contributed by atoms with Crippen molar-refractivity contribution in [3.05, 3.63) is 29.8 Å². The van der Waals surface area contributed by atoms with Crippen LogP contribution in [0, 0.1) is 11.3 Å². The molecule has 2 aliphatic rings. The minimum absolute atomic E-state index is 0. The maximum Gasteiger partial charge on any atom is 0.243 e. The minimum atomic E-state index is -0.855. The molecule has 1 aliphatic heterocycles. The lowest BCUT2D eigenvalue weighted by atomic mass is 9.46. The number of fused-ring (bicyclic) bond motifs is 1. The van der Waals surface area contributed by atoms with Gasteiger partial charge in [0.15, 0.2) is 0 Å². The smallest absolute Gasteiger partial charge is 0.243 e. The molecule has 5 nitrogen and oxygen atoms in total. The Morgan fingerprint density at radius 3 is 2.84 bits per heavy atom. The van der Waals surface area contributed by atoms with E-state index in [1.807, 2.05) is 31.3 Å². The number of hydrogen-bond donors (Lipinski definition) is 1. The van der Waals surface area contributed by atoms with E-state index in [-0.39, 0.29) is 35.8 Å². The number of carbonyl (C=O) groups excluding carboxylic acids is 1. The Bertz CT molecular complexity index is 637. The van der Waals surface area contributed by atoms with Crippen molar-refractivity contribution >= 4 is 18.3 Å². The number of benzene rings is 1. The van der Waals surface area contributed by atoms with Crippen LogP contribution in [-0.2, 0) is 16.1 Å². The molecule has 6 heteroatoms. The highest BCUT2D eigenvalue weighted by Gasteiger charge is 2.70. The topological polar surface area (TPSA) is 64.8 Å². The third-order valence-electron chi connectivity index (χ3n) is 5.94. The Morgan fingerprint density at radius 1 is 1.44 bits per heavy atom. The first-order chi connectivity index (χ1) is 11.3.